The van der Waals surface area contributed by atoms with Crippen molar-refractivity contribution < 1.29 is 4.79 Å². The molecule has 8 heteroatoms. The molecule has 3 aromatic rings. The molecule has 0 atom stereocenters. The highest BCUT2D eigenvalue weighted by atomic mass is 16.1. The normalized spacial score (nSPS) is 11.0. The van der Waals surface area contributed by atoms with Gasteiger partial charge in [-0.2, -0.15) is 0 Å². The highest BCUT2D eigenvalue weighted by Gasteiger charge is 2.10. The molecular weight excluding hydrogens is 248 g/mol. The van der Waals surface area contributed by atoms with E-state index in [-0.39, 0.29) is 23.2 Å². The van der Waals surface area contributed by atoms with E-state index in [0.717, 1.165) is 0 Å². The summed E-state index contributed by atoms with van der Waals surface area (Å²) in [5.74, 6) is 0.256. The van der Waals surface area contributed by atoms with E-state index in [4.69, 9.17) is 5.73 Å². The molecule has 1 amide bonds. The highest BCUT2D eigenvalue weighted by molar-refractivity contribution is 5.92. The molecule has 4 N–H and O–H groups in total. The number of benzene rings is 1. The van der Waals surface area contributed by atoms with Crippen LogP contribution in [0.5, 0.6) is 0 Å². The molecule has 0 bridgehead atoms. The number of amides is 1. The molecule has 0 radical (unpaired) electrons. The van der Waals surface area contributed by atoms with Gasteiger partial charge in [-0.25, -0.2) is 4.40 Å². The van der Waals surface area contributed by atoms with E-state index in [9.17, 15) is 9.59 Å². The Labute approximate surface area is 106 Å². The van der Waals surface area contributed by atoms with Gasteiger partial charge in [0.05, 0.1) is 10.9 Å². The zero-order valence-corrected chi connectivity index (χ0v) is 9.97. The summed E-state index contributed by atoms with van der Waals surface area (Å²) in [6, 6.07) is 4.94. The SMILES string of the molecule is CC(=O)Nc1ccc2c(c1)c(=O)[nH]c1nnc(N)n12. The van der Waals surface area contributed by atoms with Crippen LogP contribution < -0.4 is 16.6 Å². The van der Waals surface area contributed by atoms with Crippen molar-refractivity contribution in [2.45, 2.75) is 6.92 Å². The maximum atomic E-state index is 11.9. The second-order valence-corrected chi connectivity index (χ2v) is 4.08. The summed E-state index contributed by atoms with van der Waals surface area (Å²) in [5.41, 5.74) is 6.51. The third-order valence-electron chi connectivity index (χ3n) is 2.72. The fourth-order valence-electron chi connectivity index (χ4n) is 1.98. The van der Waals surface area contributed by atoms with E-state index < -0.39 is 0 Å². The Morgan fingerprint density at radius 2 is 2.21 bits per heavy atom. The topological polar surface area (TPSA) is 118 Å². The molecule has 8 nitrogen and oxygen atoms in total. The lowest BCUT2D eigenvalue weighted by Crippen LogP contribution is -2.12. The van der Waals surface area contributed by atoms with Gasteiger partial charge in [-0.3, -0.25) is 14.6 Å². The summed E-state index contributed by atoms with van der Waals surface area (Å²) in [7, 11) is 0. The van der Waals surface area contributed by atoms with Gasteiger partial charge < -0.3 is 11.1 Å². The van der Waals surface area contributed by atoms with E-state index >= 15 is 0 Å². The van der Waals surface area contributed by atoms with Crippen LogP contribution in [0.4, 0.5) is 11.6 Å². The zero-order valence-electron chi connectivity index (χ0n) is 9.97. The van der Waals surface area contributed by atoms with Crippen molar-refractivity contribution in [3.8, 4) is 0 Å². The van der Waals surface area contributed by atoms with Gasteiger partial charge in [0, 0.05) is 12.6 Å². The van der Waals surface area contributed by atoms with Crippen molar-refractivity contribution in [2.24, 2.45) is 0 Å². The van der Waals surface area contributed by atoms with E-state index in [1.807, 2.05) is 0 Å². The Hall–Kier alpha value is -2.90. The number of carbonyl (C=O) groups is 1. The van der Waals surface area contributed by atoms with E-state index in [0.29, 0.717) is 16.6 Å². The molecule has 2 aromatic heterocycles. The summed E-state index contributed by atoms with van der Waals surface area (Å²) >= 11 is 0. The standard InChI is InChI=1S/C11H10N6O2/c1-5(18)13-6-2-3-8-7(4-6)9(19)14-11-16-15-10(12)17(8)11/h2-4H,1H3,(H2,12,15)(H,13,18)(H,14,16,19). The number of fused-ring (bicyclic) bond motifs is 3. The number of H-pyrrole nitrogens is 1. The third kappa shape index (κ3) is 1.69. The van der Waals surface area contributed by atoms with Gasteiger partial charge in [-0.05, 0) is 18.2 Å². The van der Waals surface area contributed by atoms with Gasteiger partial charge in [0.15, 0.2) is 0 Å². The molecular formula is C11H10N6O2. The van der Waals surface area contributed by atoms with Crippen LogP contribution in [0.1, 0.15) is 6.92 Å². The quantitative estimate of drug-likeness (QED) is 0.572. The average molecular weight is 258 g/mol. The number of hydrogen-bond donors (Lipinski definition) is 3. The van der Waals surface area contributed by atoms with Crippen LogP contribution in [0.3, 0.4) is 0 Å². The minimum atomic E-state index is -0.317. The molecule has 0 aliphatic heterocycles. The molecule has 0 unspecified atom stereocenters. The Kier molecular flexibility index (Phi) is 2.24. The number of rotatable bonds is 1. The van der Waals surface area contributed by atoms with Crippen LogP contribution in [0, 0.1) is 0 Å². The summed E-state index contributed by atoms with van der Waals surface area (Å²) in [4.78, 5) is 25.5. The predicted octanol–water partition coefficient (Wildman–Crippen LogP) is 0.111. The number of nitrogens with one attached hydrogen (secondary N) is 2. The number of aromatic nitrogens is 4. The van der Waals surface area contributed by atoms with Crippen LogP contribution in [0.2, 0.25) is 0 Å². The Morgan fingerprint density at radius 1 is 1.42 bits per heavy atom. The Balaban J connectivity index is 2.37. The minimum Gasteiger partial charge on any atom is -0.368 e. The second kappa shape index (κ2) is 3.80. The molecule has 1 aromatic carbocycles. The van der Waals surface area contributed by atoms with Gasteiger partial charge in [-0.1, -0.05) is 0 Å². The van der Waals surface area contributed by atoms with Crippen LogP contribution in [0.15, 0.2) is 23.0 Å². The number of nitrogen functional groups attached to an aromatic ring is 1. The van der Waals surface area contributed by atoms with Crippen molar-refractivity contribution >= 4 is 34.2 Å². The summed E-state index contributed by atoms with van der Waals surface area (Å²) in [6.07, 6.45) is 0. The lowest BCUT2D eigenvalue weighted by Gasteiger charge is -2.05. The molecule has 0 fully saturated rings. The van der Waals surface area contributed by atoms with Gasteiger partial charge in [0.25, 0.3) is 5.56 Å². The molecule has 0 aliphatic rings. The fourth-order valence-corrected chi connectivity index (χ4v) is 1.98. The maximum Gasteiger partial charge on any atom is 0.260 e. The molecule has 2 heterocycles. The first-order valence-electron chi connectivity index (χ1n) is 5.50. The number of anilines is 2. The number of carbonyl (C=O) groups excluding carboxylic acids is 1. The van der Waals surface area contributed by atoms with Gasteiger partial charge in [-0.15, -0.1) is 10.2 Å². The van der Waals surface area contributed by atoms with Gasteiger partial charge in [0.1, 0.15) is 0 Å². The fraction of sp³-hybridized carbons (Fsp3) is 0.0909. The second-order valence-electron chi connectivity index (χ2n) is 4.08. The lowest BCUT2D eigenvalue weighted by molar-refractivity contribution is -0.114. The van der Waals surface area contributed by atoms with Crippen LogP contribution in [0.25, 0.3) is 16.7 Å². The first kappa shape index (κ1) is 11.2. The molecule has 3 rings (SSSR count). The summed E-state index contributed by atoms with van der Waals surface area (Å²) < 4.78 is 1.54. The van der Waals surface area contributed by atoms with Gasteiger partial charge >= 0.3 is 0 Å². The number of nitrogens with zero attached hydrogens (tertiary/aromatic N) is 3. The van der Waals surface area contributed by atoms with Gasteiger partial charge in [0.2, 0.25) is 17.6 Å². The van der Waals surface area contributed by atoms with Crippen LogP contribution in [-0.4, -0.2) is 25.5 Å². The highest BCUT2D eigenvalue weighted by Crippen LogP contribution is 2.18. The monoisotopic (exact) mass is 258 g/mol. The number of hydrogen-bond acceptors (Lipinski definition) is 5. The third-order valence-corrected chi connectivity index (χ3v) is 2.72. The minimum absolute atomic E-state index is 0.184. The Morgan fingerprint density at radius 3 is 2.95 bits per heavy atom. The molecule has 0 aliphatic carbocycles. The molecule has 0 saturated heterocycles. The largest absolute Gasteiger partial charge is 0.368 e. The van der Waals surface area contributed by atoms with Crippen molar-refractivity contribution in [2.75, 3.05) is 11.1 Å². The molecule has 19 heavy (non-hydrogen) atoms. The molecule has 0 spiro atoms. The Bertz CT molecular complexity index is 863. The van der Waals surface area contributed by atoms with E-state index in [2.05, 4.69) is 20.5 Å². The van der Waals surface area contributed by atoms with E-state index in [1.54, 1.807) is 18.2 Å². The van der Waals surface area contributed by atoms with Crippen molar-refractivity contribution in [3.05, 3.63) is 28.6 Å². The summed E-state index contributed by atoms with van der Waals surface area (Å²) in [6.45, 7) is 1.40. The molecule has 96 valence electrons. The first-order chi connectivity index (χ1) is 9.06. The van der Waals surface area contributed by atoms with Crippen molar-refractivity contribution in [3.63, 3.8) is 0 Å². The average Bonchev–Trinajstić information content (AvgIpc) is 2.70. The van der Waals surface area contributed by atoms with E-state index in [1.165, 1.54) is 11.3 Å². The lowest BCUT2D eigenvalue weighted by atomic mass is 10.2. The van der Waals surface area contributed by atoms with Crippen molar-refractivity contribution in [1.82, 2.24) is 19.6 Å². The smallest absolute Gasteiger partial charge is 0.260 e. The first-order valence-corrected chi connectivity index (χ1v) is 5.50. The number of aromatic amines is 1. The zero-order chi connectivity index (χ0) is 13.6. The number of nitrogens with two attached hydrogens (primary N) is 1. The predicted molar refractivity (Wildman–Crippen MR) is 69.8 cm³/mol. The molecule has 0 saturated carbocycles. The van der Waals surface area contributed by atoms with Crippen LogP contribution in [-0.2, 0) is 4.79 Å². The van der Waals surface area contributed by atoms with Crippen LogP contribution >= 0.6 is 0 Å². The summed E-state index contributed by atoms with van der Waals surface area (Å²) in [5, 5.41) is 10.5. The van der Waals surface area contributed by atoms with Crippen molar-refractivity contribution in [1.29, 1.82) is 0 Å². The maximum absolute atomic E-state index is 11.9.